The van der Waals surface area contributed by atoms with E-state index in [0.717, 1.165) is 22.7 Å². The fourth-order valence-electron chi connectivity index (χ4n) is 2.77. The molecule has 0 fully saturated rings. The van der Waals surface area contributed by atoms with E-state index in [1.807, 2.05) is 63.1 Å². The Bertz CT molecular complexity index is 705. The highest BCUT2D eigenvalue weighted by Crippen LogP contribution is 2.29. The number of anilines is 1. The van der Waals surface area contributed by atoms with Crippen LogP contribution in [0.15, 0.2) is 28.8 Å². The number of benzene rings is 1. The van der Waals surface area contributed by atoms with Gasteiger partial charge in [-0.2, -0.15) is 0 Å². The zero-order valence-electron chi connectivity index (χ0n) is 15.4. The number of hydrogen-bond acceptors (Lipinski definition) is 6. The largest absolute Gasteiger partial charge is 0.493 e. The van der Waals surface area contributed by atoms with Gasteiger partial charge in [0.15, 0.2) is 17.3 Å². The number of nitrogens with zero attached hydrogens (tertiary/aromatic N) is 2. The van der Waals surface area contributed by atoms with E-state index in [-0.39, 0.29) is 6.61 Å². The molecule has 136 valence electrons. The van der Waals surface area contributed by atoms with Gasteiger partial charge in [-0.25, -0.2) is 0 Å². The van der Waals surface area contributed by atoms with Crippen molar-refractivity contribution >= 4 is 11.8 Å². The molecule has 1 heterocycles. The van der Waals surface area contributed by atoms with Gasteiger partial charge in [-0.15, -0.1) is 0 Å². The van der Waals surface area contributed by atoms with E-state index in [0.29, 0.717) is 18.0 Å². The molecule has 0 radical (unpaired) electrons. The maximum atomic E-state index is 10.3. The van der Waals surface area contributed by atoms with Crippen LogP contribution in [-0.4, -0.2) is 43.7 Å². The molecule has 0 spiro atoms. The maximum absolute atomic E-state index is 10.3. The minimum Gasteiger partial charge on any atom is -0.493 e. The topological polar surface area (TPSA) is 68.0 Å². The van der Waals surface area contributed by atoms with Crippen LogP contribution in [0, 0.1) is 13.8 Å². The molecule has 1 aromatic heterocycles. The second-order valence-electron chi connectivity index (χ2n) is 5.93. The maximum Gasteiger partial charge on any atom is 0.161 e. The first kappa shape index (κ1) is 18.9. The molecule has 0 bridgehead atoms. The summed E-state index contributed by atoms with van der Waals surface area (Å²) in [6, 6.07) is 5.69. The zero-order valence-corrected chi connectivity index (χ0v) is 15.4. The highest BCUT2D eigenvalue weighted by molar-refractivity contribution is 5.55. The fourth-order valence-corrected chi connectivity index (χ4v) is 2.77. The molecule has 0 aliphatic heterocycles. The van der Waals surface area contributed by atoms with Crippen molar-refractivity contribution in [2.24, 2.45) is 0 Å². The smallest absolute Gasteiger partial charge is 0.161 e. The average Bonchev–Trinajstić information content (AvgIpc) is 2.92. The van der Waals surface area contributed by atoms with Crippen molar-refractivity contribution in [3.63, 3.8) is 0 Å². The van der Waals surface area contributed by atoms with Crippen molar-refractivity contribution in [2.45, 2.75) is 26.9 Å². The Kier molecular flexibility index (Phi) is 6.47. The summed E-state index contributed by atoms with van der Waals surface area (Å²) in [6.07, 6.45) is 3.28. The van der Waals surface area contributed by atoms with Crippen molar-refractivity contribution in [1.82, 2.24) is 5.16 Å². The number of aliphatic hydroxyl groups is 1. The number of aromatic nitrogens is 1. The van der Waals surface area contributed by atoms with E-state index in [1.165, 1.54) is 0 Å². The lowest BCUT2D eigenvalue weighted by atomic mass is 10.2. The number of aryl methyl sites for hydroxylation is 2. The Balaban J connectivity index is 1.96. The lowest BCUT2D eigenvalue weighted by Gasteiger charge is -2.22. The van der Waals surface area contributed by atoms with Gasteiger partial charge in [0.05, 0.1) is 7.11 Å². The van der Waals surface area contributed by atoms with Gasteiger partial charge < -0.3 is 24.0 Å². The summed E-state index contributed by atoms with van der Waals surface area (Å²) in [6.45, 7) is 6.26. The average molecular weight is 346 g/mol. The number of ether oxygens (including phenoxy) is 2. The summed E-state index contributed by atoms with van der Waals surface area (Å²) in [5.41, 5.74) is 2.73. The van der Waals surface area contributed by atoms with Gasteiger partial charge in [0.25, 0.3) is 0 Å². The molecule has 1 unspecified atom stereocenters. The molecular weight excluding hydrogens is 320 g/mol. The summed E-state index contributed by atoms with van der Waals surface area (Å²) < 4.78 is 16.3. The Morgan fingerprint density at radius 1 is 1.32 bits per heavy atom. The van der Waals surface area contributed by atoms with Crippen LogP contribution in [0.5, 0.6) is 11.5 Å². The molecule has 1 N–H and O–H groups in total. The third kappa shape index (κ3) is 4.76. The number of hydrogen-bond donors (Lipinski definition) is 1. The molecule has 6 heteroatoms. The van der Waals surface area contributed by atoms with Crippen molar-refractivity contribution in [1.29, 1.82) is 0 Å². The minimum absolute atomic E-state index is 0.160. The lowest BCUT2D eigenvalue weighted by Crippen LogP contribution is -2.33. The van der Waals surface area contributed by atoms with E-state index >= 15 is 0 Å². The SMILES string of the molecule is C/C=C/c1ccc(OCC(O)CN(C)c2c(C)noc2C)c(OC)c1. The molecule has 0 saturated carbocycles. The van der Waals surface area contributed by atoms with E-state index in [9.17, 15) is 5.11 Å². The third-order valence-corrected chi connectivity index (χ3v) is 3.84. The molecule has 1 aromatic carbocycles. The van der Waals surface area contributed by atoms with Crippen LogP contribution in [-0.2, 0) is 0 Å². The molecule has 25 heavy (non-hydrogen) atoms. The van der Waals surface area contributed by atoms with Gasteiger partial charge in [-0.1, -0.05) is 23.4 Å². The third-order valence-electron chi connectivity index (χ3n) is 3.84. The number of allylic oxidation sites excluding steroid dienone is 1. The second kappa shape index (κ2) is 8.58. The molecule has 0 aliphatic rings. The van der Waals surface area contributed by atoms with E-state index < -0.39 is 6.10 Å². The van der Waals surface area contributed by atoms with Crippen LogP contribution in [0.3, 0.4) is 0 Å². The molecule has 0 aliphatic carbocycles. The van der Waals surface area contributed by atoms with Gasteiger partial charge in [-0.05, 0) is 38.5 Å². The van der Waals surface area contributed by atoms with Crippen LogP contribution in [0.2, 0.25) is 0 Å². The summed E-state index contributed by atoms with van der Waals surface area (Å²) in [4.78, 5) is 1.92. The Morgan fingerprint density at radius 2 is 2.08 bits per heavy atom. The number of likely N-dealkylation sites (N-methyl/N-ethyl adjacent to an activating group) is 1. The first-order chi connectivity index (χ1) is 12.0. The molecular formula is C19H26N2O4. The summed E-state index contributed by atoms with van der Waals surface area (Å²) in [7, 11) is 3.49. The first-order valence-corrected chi connectivity index (χ1v) is 8.21. The van der Waals surface area contributed by atoms with Crippen molar-refractivity contribution in [3.05, 3.63) is 41.3 Å². The van der Waals surface area contributed by atoms with Gasteiger partial charge in [0.1, 0.15) is 24.1 Å². The van der Waals surface area contributed by atoms with Crippen LogP contribution in [0.4, 0.5) is 5.69 Å². The molecule has 0 saturated heterocycles. The summed E-state index contributed by atoms with van der Waals surface area (Å²) in [5.74, 6) is 1.98. The van der Waals surface area contributed by atoms with Crippen molar-refractivity contribution in [3.8, 4) is 11.5 Å². The van der Waals surface area contributed by atoms with E-state index in [1.54, 1.807) is 7.11 Å². The molecule has 6 nitrogen and oxygen atoms in total. The zero-order chi connectivity index (χ0) is 18.4. The van der Waals surface area contributed by atoms with Crippen LogP contribution in [0.25, 0.3) is 6.08 Å². The van der Waals surface area contributed by atoms with Crippen molar-refractivity contribution < 1.29 is 19.1 Å². The highest BCUT2D eigenvalue weighted by Gasteiger charge is 2.17. The van der Waals surface area contributed by atoms with Crippen molar-refractivity contribution in [2.75, 3.05) is 32.2 Å². The van der Waals surface area contributed by atoms with Gasteiger partial charge >= 0.3 is 0 Å². The number of rotatable bonds is 8. The second-order valence-corrected chi connectivity index (χ2v) is 5.93. The Hall–Kier alpha value is -2.47. The summed E-state index contributed by atoms with van der Waals surface area (Å²) >= 11 is 0. The van der Waals surface area contributed by atoms with E-state index in [2.05, 4.69) is 5.16 Å². The monoisotopic (exact) mass is 346 g/mol. The summed E-state index contributed by atoms with van der Waals surface area (Å²) in [5, 5.41) is 14.2. The molecule has 2 aromatic rings. The van der Waals surface area contributed by atoms with Gasteiger partial charge in [0, 0.05) is 13.6 Å². The van der Waals surface area contributed by atoms with Crippen LogP contribution < -0.4 is 14.4 Å². The lowest BCUT2D eigenvalue weighted by molar-refractivity contribution is 0.111. The number of aliphatic hydroxyl groups excluding tert-OH is 1. The number of methoxy groups -OCH3 is 1. The predicted octanol–water partition coefficient (Wildman–Crippen LogP) is 3.21. The predicted molar refractivity (Wildman–Crippen MR) is 98.5 cm³/mol. The van der Waals surface area contributed by atoms with E-state index in [4.69, 9.17) is 14.0 Å². The Labute approximate surface area is 148 Å². The highest BCUT2D eigenvalue weighted by atomic mass is 16.5. The van der Waals surface area contributed by atoms with Gasteiger partial charge in [0.2, 0.25) is 0 Å². The molecule has 0 amide bonds. The standard InChI is InChI=1S/C19H26N2O4/c1-6-7-15-8-9-17(18(10-15)23-5)24-12-16(22)11-21(4)19-13(2)20-25-14(19)3/h6-10,16,22H,11-12H2,1-5H3/b7-6+. The Morgan fingerprint density at radius 3 is 2.68 bits per heavy atom. The molecule has 2 rings (SSSR count). The van der Waals surface area contributed by atoms with Crippen LogP contribution in [0.1, 0.15) is 23.9 Å². The normalized spacial score (nSPS) is 12.4. The fraction of sp³-hybridized carbons (Fsp3) is 0.421. The quantitative estimate of drug-likeness (QED) is 0.792. The minimum atomic E-state index is -0.668. The first-order valence-electron chi connectivity index (χ1n) is 8.21. The molecule has 1 atom stereocenters. The van der Waals surface area contributed by atoms with Crippen LogP contribution >= 0.6 is 0 Å². The van der Waals surface area contributed by atoms with Gasteiger partial charge in [-0.3, -0.25) is 0 Å².